The Hall–Kier alpha value is -7.88. The molecule has 1 aliphatic carbocycles. The fourth-order valence-electron chi connectivity index (χ4n) is 10.6. The zero-order chi connectivity index (χ0) is 41.1. The number of benzene rings is 10. The van der Waals surface area contributed by atoms with Crippen LogP contribution in [0.1, 0.15) is 25.0 Å². The molecule has 12 aromatic rings. The predicted molar refractivity (Wildman–Crippen MR) is 260 cm³/mol. The molecule has 0 radical (unpaired) electrons. The Morgan fingerprint density at radius 1 is 0.387 bits per heavy atom. The van der Waals surface area contributed by atoms with E-state index in [1.807, 2.05) is 0 Å². The van der Waals surface area contributed by atoms with Gasteiger partial charge in [-0.3, -0.25) is 0 Å². The van der Waals surface area contributed by atoms with E-state index in [1.54, 1.807) is 0 Å². The molecule has 0 spiro atoms. The molecule has 0 atom stereocenters. The second kappa shape index (κ2) is 13.1. The van der Waals surface area contributed by atoms with Gasteiger partial charge in [0, 0.05) is 38.1 Å². The highest BCUT2D eigenvalue weighted by atomic mass is 15.0. The summed E-state index contributed by atoms with van der Waals surface area (Å²) >= 11 is 0. The summed E-state index contributed by atoms with van der Waals surface area (Å²) in [6, 6.07) is 73.1. The molecule has 10 aromatic carbocycles. The van der Waals surface area contributed by atoms with Crippen molar-refractivity contribution < 1.29 is 0 Å². The number of rotatable bonds is 4. The maximum absolute atomic E-state index is 5.44. The van der Waals surface area contributed by atoms with E-state index in [9.17, 15) is 0 Å². The third-order valence-corrected chi connectivity index (χ3v) is 13.6. The molecule has 3 heteroatoms. The molecule has 0 aliphatic heterocycles. The fraction of sp³-hybridized carbons (Fsp3) is 0.0508. The molecule has 0 unspecified atom stereocenters. The molecule has 0 saturated carbocycles. The van der Waals surface area contributed by atoms with Gasteiger partial charge in [0.2, 0.25) is 0 Å². The summed E-state index contributed by atoms with van der Waals surface area (Å²) in [5.41, 5.74) is 15.3. The van der Waals surface area contributed by atoms with E-state index in [0.717, 1.165) is 44.2 Å². The smallest absolute Gasteiger partial charge is 0.161 e. The van der Waals surface area contributed by atoms with Crippen molar-refractivity contribution in [1.82, 2.24) is 14.5 Å². The van der Waals surface area contributed by atoms with Crippen molar-refractivity contribution in [1.29, 1.82) is 0 Å². The monoisotopic (exact) mass is 789 g/mol. The third-order valence-electron chi connectivity index (χ3n) is 13.6. The van der Waals surface area contributed by atoms with Gasteiger partial charge >= 0.3 is 0 Å². The summed E-state index contributed by atoms with van der Waals surface area (Å²) in [5.74, 6) is 0.714. The summed E-state index contributed by atoms with van der Waals surface area (Å²) in [6.45, 7) is 4.73. The molecule has 0 fully saturated rings. The Morgan fingerprint density at radius 2 is 1.02 bits per heavy atom. The number of nitrogens with zero attached hydrogens (tertiary/aromatic N) is 3. The van der Waals surface area contributed by atoms with Gasteiger partial charge in [-0.05, 0) is 103 Å². The summed E-state index contributed by atoms with van der Waals surface area (Å²) in [5, 5.41) is 10.6. The summed E-state index contributed by atoms with van der Waals surface area (Å²) < 4.78 is 2.49. The topological polar surface area (TPSA) is 30.7 Å². The van der Waals surface area contributed by atoms with Crippen molar-refractivity contribution >= 4 is 65.0 Å². The van der Waals surface area contributed by atoms with E-state index >= 15 is 0 Å². The normalized spacial score (nSPS) is 13.1. The Morgan fingerprint density at radius 3 is 1.89 bits per heavy atom. The minimum absolute atomic E-state index is 0.0922. The number of hydrogen-bond acceptors (Lipinski definition) is 2. The molecule has 2 heterocycles. The maximum Gasteiger partial charge on any atom is 0.161 e. The lowest BCUT2D eigenvalue weighted by atomic mass is 9.81. The van der Waals surface area contributed by atoms with E-state index in [1.165, 1.54) is 76.7 Å². The molecular weight excluding hydrogens is 751 g/mol. The van der Waals surface area contributed by atoms with Gasteiger partial charge in [-0.1, -0.05) is 172 Å². The molecule has 1 aliphatic rings. The van der Waals surface area contributed by atoms with E-state index in [-0.39, 0.29) is 5.41 Å². The van der Waals surface area contributed by atoms with Crippen LogP contribution in [0.25, 0.3) is 116 Å². The molecular formula is C59H39N3. The highest BCUT2D eigenvalue weighted by molar-refractivity contribution is 6.20. The first kappa shape index (κ1) is 34.9. The van der Waals surface area contributed by atoms with Crippen molar-refractivity contribution in [2.75, 3.05) is 0 Å². The Balaban J connectivity index is 1.05. The molecule has 3 nitrogen and oxygen atoms in total. The van der Waals surface area contributed by atoms with E-state index in [0.29, 0.717) is 5.82 Å². The van der Waals surface area contributed by atoms with Gasteiger partial charge in [0.1, 0.15) is 0 Å². The van der Waals surface area contributed by atoms with Crippen molar-refractivity contribution in [3.05, 3.63) is 211 Å². The summed E-state index contributed by atoms with van der Waals surface area (Å²) in [6.07, 6.45) is 0. The van der Waals surface area contributed by atoms with Crippen LogP contribution in [0, 0.1) is 0 Å². The largest absolute Gasteiger partial charge is 0.309 e. The zero-order valence-electron chi connectivity index (χ0n) is 34.4. The summed E-state index contributed by atoms with van der Waals surface area (Å²) in [7, 11) is 0. The van der Waals surface area contributed by atoms with Gasteiger partial charge in [-0.25, -0.2) is 9.97 Å². The van der Waals surface area contributed by atoms with E-state index in [2.05, 4.69) is 219 Å². The van der Waals surface area contributed by atoms with Gasteiger partial charge in [0.25, 0.3) is 0 Å². The highest BCUT2D eigenvalue weighted by Crippen LogP contribution is 2.51. The molecule has 62 heavy (non-hydrogen) atoms. The van der Waals surface area contributed by atoms with Crippen LogP contribution in [-0.4, -0.2) is 14.5 Å². The van der Waals surface area contributed by atoms with Crippen molar-refractivity contribution in [2.45, 2.75) is 19.3 Å². The first-order valence-electron chi connectivity index (χ1n) is 21.5. The number of fused-ring (bicyclic) bond motifs is 10. The lowest BCUT2D eigenvalue weighted by molar-refractivity contribution is 0.660. The molecule has 290 valence electrons. The minimum atomic E-state index is -0.0922. The molecule has 0 saturated heterocycles. The van der Waals surface area contributed by atoms with Crippen molar-refractivity contribution in [2.24, 2.45) is 0 Å². The Kier molecular flexibility index (Phi) is 7.36. The molecule has 2 aromatic heterocycles. The van der Waals surface area contributed by atoms with Gasteiger partial charge in [-0.2, -0.15) is 0 Å². The molecule has 0 N–H and O–H groups in total. The summed E-state index contributed by atoms with van der Waals surface area (Å²) in [4.78, 5) is 10.7. The first-order valence-corrected chi connectivity index (χ1v) is 21.5. The fourth-order valence-corrected chi connectivity index (χ4v) is 10.6. The second-order valence-electron chi connectivity index (χ2n) is 17.3. The van der Waals surface area contributed by atoms with Crippen LogP contribution < -0.4 is 0 Å². The second-order valence-corrected chi connectivity index (χ2v) is 17.3. The molecule has 0 bridgehead atoms. The van der Waals surface area contributed by atoms with E-state index < -0.39 is 0 Å². The lowest BCUT2D eigenvalue weighted by Crippen LogP contribution is -2.14. The number of para-hydroxylation sites is 1. The third kappa shape index (κ3) is 5.00. The van der Waals surface area contributed by atoms with Crippen LogP contribution in [0.4, 0.5) is 0 Å². The van der Waals surface area contributed by atoms with Crippen LogP contribution >= 0.6 is 0 Å². The van der Waals surface area contributed by atoms with Crippen molar-refractivity contribution in [3.8, 4) is 50.6 Å². The van der Waals surface area contributed by atoms with Crippen LogP contribution in [-0.2, 0) is 5.41 Å². The molecule has 13 rings (SSSR count). The highest BCUT2D eigenvalue weighted by Gasteiger charge is 2.35. The minimum Gasteiger partial charge on any atom is -0.309 e. The van der Waals surface area contributed by atoms with Crippen LogP contribution in [0.15, 0.2) is 200 Å². The quantitative estimate of drug-likeness (QED) is 0.178. The van der Waals surface area contributed by atoms with Crippen LogP contribution in [0.5, 0.6) is 0 Å². The van der Waals surface area contributed by atoms with Gasteiger partial charge in [0.15, 0.2) is 5.82 Å². The van der Waals surface area contributed by atoms with Gasteiger partial charge < -0.3 is 4.57 Å². The lowest BCUT2D eigenvalue weighted by Gasteiger charge is -2.22. The molecule has 0 amide bonds. The number of hydrogen-bond donors (Lipinski definition) is 0. The van der Waals surface area contributed by atoms with Crippen LogP contribution in [0.2, 0.25) is 0 Å². The predicted octanol–water partition coefficient (Wildman–Crippen LogP) is 15.5. The Bertz CT molecular complexity index is 3840. The van der Waals surface area contributed by atoms with E-state index in [4.69, 9.17) is 9.97 Å². The van der Waals surface area contributed by atoms with Crippen molar-refractivity contribution in [3.63, 3.8) is 0 Å². The average molecular weight is 790 g/mol. The first-order chi connectivity index (χ1) is 30.5. The Labute approximate surface area is 359 Å². The van der Waals surface area contributed by atoms with Gasteiger partial charge in [-0.15, -0.1) is 0 Å². The maximum atomic E-state index is 5.44. The number of aromatic nitrogens is 3. The standard InChI is InChI=1S/C59H39N3/c1-59(2)50-26-11-9-21-43(50)44-30-29-39(34-51(44)59)41-24-14-28-54-56(41)49-33-37-16-3-4-17-38(37)35-55(49)62(54)53-32-31-47(42-20-7-8-22-45(42)53)58-60-52-27-12-10-23-48(52)57(61-58)46-25-13-18-36-15-5-6-19-40(36)46/h3-35H,1-2H3. The average Bonchev–Trinajstić information content (AvgIpc) is 3.76. The van der Waals surface area contributed by atoms with Crippen LogP contribution in [0.3, 0.4) is 0 Å². The van der Waals surface area contributed by atoms with Gasteiger partial charge in [0.05, 0.1) is 27.9 Å². The SMILES string of the molecule is CC1(C)c2ccccc2-c2ccc(-c3cccc4c3c3cc5ccccc5cc3n4-c3ccc(-c4nc(-c5cccc6ccccc56)c5ccccc5n4)c4ccccc34)cc21. The zero-order valence-corrected chi connectivity index (χ0v) is 34.4.